The minimum Gasteiger partial charge on any atom is -0.485 e. The molecule has 13 heteroatoms. The van der Waals surface area contributed by atoms with E-state index in [1.165, 1.54) is 34.9 Å². The molecular formula is C26H28N6O4S3. The van der Waals surface area contributed by atoms with Crippen molar-refractivity contribution in [1.82, 2.24) is 24.6 Å². The lowest BCUT2D eigenvalue weighted by molar-refractivity contribution is -0.132. The highest BCUT2D eigenvalue weighted by Crippen LogP contribution is 2.31. The number of carbonyl (C=O) groups is 2. The zero-order chi connectivity index (χ0) is 27.2. The zero-order valence-corrected chi connectivity index (χ0v) is 24.0. The number of aryl methyl sites for hydroxylation is 1. The third-order valence-electron chi connectivity index (χ3n) is 6.04. The Balaban J connectivity index is 1.11. The summed E-state index contributed by atoms with van der Waals surface area (Å²) in [6, 6.07) is 13.4. The maximum Gasteiger partial charge on any atom is 0.234 e. The van der Waals surface area contributed by atoms with Crippen LogP contribution in [0.3, 0.4) is 0 Å². The van der Waals surface area contributed by atoms with E-state index >= 15 is 0 Å². The number of thioether (sulfide) groups is 2. The summed E-state index contributed by atoms with van der Waals surface area (Å²) in [5.41, 5.74) is 2.59. The van der Waals surface area contributed by atoms with E-state index in [1.807, 2.05) is 65.9 Å². The summed E-state index contributed by atoms with van der Waals surface area (Å²) >= 11 is 4.27. The van der Waals surface area contributed by atoms with E-state index < -0.39 is 0 Å². The van der Waals surface area contributed by atoms with Gasteiger partial charge in [0.2, 0.25) is 11.8 Å². The number of nitrogens with zero attached hydrogens (tertiary/aromatic N) is 5. The van der Waals surface area contributed by atoms with Crippen LogP contribution in [0.25, 0.3) is 10.2 Å². The summed E-state index contributed by atoms with van der Waals surface area (Å²) < 4.78 is 14.8. The molecule has 39 heavy (non-hydrogen) atoms. The normalized spacial score (nSPS) is 13.5. The molecule has 5 rings (SSSR count). The summed E-state index contributed by atoms with van der Waals surface area (Å²) in [4.78, 5) is 31.5. The lowest BCUT2D eigenvalue weighted by atomic mass is 10.2. The fourth-order valence-corrected chi connectivity index (χ4v) is 6.60. The number of para-hydroxylation sites is 1. The molecule has 0 bridgehead atoms. The van der Waals surface area contributed by atoms with Gasteiger partial charge in [0.25, 0.3) is 0 Å². The van der Waals surface area contributed by atoms with Crippen LogP contribution in [0.15, 0.2) is 52.0 Å². The summed E-state index contributed by atoms with van der Waals surface area (Å²) in [6.07, 6.45) is 0. The van der Waals surface area contributed by atoms with Gasteiger partial charge in [-0.15, -0.1) is 21.5 Å². The SMILES string of the molecule is Cc1ccccc1OCc1nnc(SCC(=O)Nc2ccc3nc(SCC(=O)N4CCOCC4)sc3c2)n1C. The molecule has 1 fully saturated rings. The third kappa shape index (κ3) is 7.10. The van der Waals surface area contributed by atoms with E-state index in [-0.39, 0.29) is 24.2 Å². The quantitative estimate of drug-likeness (QED) is 0.277. The van der Waals surface area contributed by atoms with Gasteiger partial charge < -0.3 is 24.3 Å². The van der Waals surface area contributed by atoms with Gasteiger partial charge in [-0.3, -0.25) is 9.59 Å². The van der Waals surface area contributed by atoms with E-state index in [9.17, 15) is 9.59 Å². The molecule has 2 aromatic heterocycles. The van der Waals surface area contributed by atoms with Crippen molar-refractivity contribution in [2.45, 2.75) is 23.0 Å². The number of rotatable bonds is 10. The number of hydrogen-bond acceptors (Lipinski definition) is 10. The molecule has 0 radical (unpaired) electrons. The minimum atomic E-state index is -0.143. The number of carbonyl (C=O) groups excluding carboxylic acids is 2. The number of amides is 2. The second kappa shape index (κ2) is 12.8. The Morgan fingerprint density at radius 3 is 2.74 bits per heavy atom. The number of aromatic nitrogens is 4. The van der Waals surface area contributed by atoms with Gasteiger partial charge in [-0.05, 0) is 36.8 Å². The van der Waals surface area contributed by atoms with Gasteiger partial charge in [-0.2, -0.15) is 0 Å². The number of hydrogen-bond donors (Lipinski definition) is 1. The molecule has 0 aliphatic carbocycles. The molecule has 1 saturated heterocycles. The first kappa shape index (κ1) is 27.4. The molecule has 0 saturated carbocycles. The summed E-state index contributed by atoms with van der Waals surface area (Å²) in [7, 11) is 1.86. The molecule has 2 amide bonds. The molecule has 0 atom stereocenters. The molecule has 0 spiro atoms. The average molecular weight is 585 g/mol. The third-order valence-corrected chi connectivity index (χ3v) is 9.21. The molecule has 0 unspecified atom stereocenters. The zero-order valence-electron chi connectivity index (χ0n) is 21.6. The van der Waals surface area contributed by atoms with Crippen LogP contribution in [-0.4, -0.2) is 74.3 Å². The Hall–Kier alpha value is -3.13. The Morgan fingerprint density at radius 1 is 1.10 bits per heavy atom. The number of anilines is 1. The Labute approximate surface area is 238 Å². The summed E-state index contributed by atoms with van der Waals surface area (Å²) in [5.74, 6) is 1.98. The van der Waals surface area contributed by atoms with Crippen LogP contribution in [0.2, 0.25) is 0 Å². The van der Waals surface area contributed by atoms with Gasteiger partial charge >= 0.3 is 0 Å². The van der Waals surface area contributed by atoms with Gasteiger partial charge in [0.15, 0.2) is 15.3 Å². The Kier molecular flexibility index (Phi) is 9.02. The fraction of sp³-hybridized carbons (Fsp3) is 0.346. The number of benzene rings is 2. The minimum absolute atomic E-state index is 0.0989. The Morgan fingerprint density at radius 2 is 1.92 bits per heavy atom. The highest BCUT2D eigenvalue weighted by molar-refractivity contribution is 8.01. The fourth-order valence-electron chi connectivity index (χ4n) is 3.85. The molecule has 1 aliphatic rings. The van der Waals surface area contributed by atoms with Gasteiger partial charge in [0, 0.05) is 25.8 Å². The first-order chi connectivity index (χ1) is 19.0. The molecule has 1 aliphatic heterocycles. The topological polar surface area (TPSA) is 111 Å². The van der Waals surface area contributed by atoms with Crippen molar-refractivity contribution in [1.29, 1.82) is 0 Å². The molecular weight excluding hydrogens is 557 g/mol. The van der Waals surface area contributed by atoms with Crippen molar-refractivity contribution in [3.8, 4) is 5.75 Å². The highest BCUT2D eigenvalue weighted by atomic mass is 32.2. The van der Waals surface area contributed by atoms with E-state index in [2.05, 4.69) is 20.5 Å². The van der Waals surface area contributed by atoms with Crippen molar-refractivity contribution in [3.05, 3.63) is 53.9 Å². The monoisotopic (exact) mass is 584 g/mol. The largest absolute Gasteiger partial charge is 0.485 e. The molecule has 204 valence electrons. The van der Waals surface area contributed by atoms with Gasteiger partial charge in [-0.1, -0.05) is 41.7 Å². The van der Waals surface area contributed by atoms with Crippen LogP contribution in [0.4, 0.5) is 5.69 Å². The lowest BCUT2D eigenvalue weighted by Crippen LogP contribution is -2.41. The number of nitrogens with one attached hydrogen (secondary N) is 1. The molecule has 1 N–H and O–H groups in total. The van der Waals surface area contributed by atoms with Crippen molar-refractivity contribution in [2.24, 2.45) is 7.05 Å². The number of morpholine rings is 1. The smallest absolute Gasteiger partial charge is 0.234 e. The first-order valence-electron chi connectivity index (χ1n) is 12.3. The average Bonchev–Trinajstić information content (AvgIpc) is 3.52. The predicted octanol–water partition coefficient (Wildman–Crippen LogP) is 3.99. The lowest BCUT2D eigenvalue weighted by Gasteiger charge is -2.26. The van der Waals surface area contributed by atoms with Crippen LogP contribution >= 0.6 is 34.9 Å². The van der Waals surface area contributed by atoms with Crippen LogP contribution in [0, 0.1) is 6.92 Å². The van der Waals surface area contributed by atoms with Crippen molar-refractivity contribution >= 4 is 62.6 Å². The maximum absolute atomic E-state index is 12.6. The van der Waals surface area contributed by atoms with Crippen molar-refractivity contribution in [2.75, 3.05) is 43.1 Å². The highest BCUT2D eigenvalue weighted by Gasteiger charge is 2.18. The summed E-state index contributed by atoms with van der Waals surface area (Å²) in [6.45, 7) is 4.74. The van der Waals surface area contributed by atoms with Crippen LogP contribution in [0.1, 0.15) is 11.4 Å². The van der Waals surface area contributed by atoms with Gasteiger partial charge in [-0.25, -0.2) is 4.98 Å². The van der Waals surface area contributed by atoms with Crippen molar-refractivity contribution in [3.63, 3.8) is 0 Å². The maximum atomic E-state index is 12.6. The number of thiazole rings is 1. The standard InChI is InChI=1S/C26H28N6O4S3/c1-17-5-3-4-6-20(17)36-14-22-29-30-25(31(22)2)37-15-23(33)27-18-7-8-19-21(13-18)39-26(28-19)38-16-24(34)32-9-11-35-12-10-32/h3-8,13H,9-12,14-16H2,1-2H3,(H,27,33). The van der Waals surface area contributed by atoms with Crippen LogP contribution in [-0.2, 0) is 28.0 Å². The van der Waals surface area contributed by atoms with E-state index in [0.29, 0.717) is 48.7 Å². The van der Waals surface area contributed by atoms with E-state index in [0.717, 1.165) is 25.9 Å². The van der Waals surface area contributed by atoms with E-state index in [1.54, 1.807) is 0 Å². The molecule has 3 heterocycles. The predicted molar refractivity (Wildman–Crippen MR) is 154 cm³/mol. The molecule has 4 aromatic rings. The van der Waals surface area contributed by atoms with Crippen LogP contribution in [0.5, 0.6) is 5.75 Å². The van der Waals surface area contributed by atoms with Gasteiger partial charge in [0.1, 0.15) is 12.4 Å². The van der Waals surface area contributed by atoms with Gasteiger partial charge in [0.05, 0.1) is 34.9 Å². The molecule has 10 nitrogen and oxygen atoms in total. The number of ether oxygens (including phenoxy) is 2. The molecule has 2 aromatic carbocycles. The van der Waals surface area contributed by atoms with Crippen molar-refractivity contribution < 1.29 is 19.1 Å². The second-order valence-corrected chi connectivity index (χ2v) is 12.0. The first-order valence-corrected chi connectivity index (χ1v) is 15.1. The van der Waals surface area contributed by atoms with E-state index in [4.69, 9.17) is 9.47 Å². The number of fused-ring (bicyclic) bond motifs is 1. The second-order valence-electron chi connectivity index (χ2n) is 8.79. The Bertz CT molecular complexity index is 1470. The van der Waals surface area contributed by atoms with Crippen LogP contribution < -0.4 is 10.1 Å². The summed E-state index contributed by atoms with van der Waals surface area (Å²) in [5, 5.41) is 12.0.